The molecule has 0 aliphatic rings. The third kappa shape index (κ3) is 3.09. The van der Waals surface area contributed by atoms with Gasteiger partial charge in [0.05, 0.1) is 18.8 Å². The molecule has 0 aliphatic heterocycles. The van der Waals surface area contributed by atoms with Gasteiger partial charge < -0.3 is 10.5 Å². The Morgan fingerprint density at radius 2 is 1.94 bits per heavy atom. The molecule has 0 saturated carbocycles. The highest BCUT2D eigenvalue weighted by Crippen LogP contribution is 2.33. The van der Waals surface area contributed by atoms with Crippen LogP contribution in [0.4, 0.5) is 0 Å². The number of rotatable bonds is 3. The monoisotopic (exact) mass is 270 g/mol. The molecule has 102 valence electrons. The van der Waals surface area contributed by atoms with Gasteiger partial charge in [0.25, 0.3) is 0 Å². The van der Waals surface area contributed by atoms with Gasteiger partial charge in [-0.25, -0.2) is 9.78 Å². The van der Waals surface area contributed by atoms with Crippen LogP contribution in [-0.2, 0) is 10.2 Å². The number of carbonyl (C=O) groups excluding carboxylic acids is 1. The van der Waals surface area contributed by atoms with Crippen molar-refractivity contribution in [3.05, 3.63) is 15.6 Å². The second kappa shape index (κ2) is 5.36. The Morgan fingerprint density at radius 3 is 2.33 bits per heavy atom. The number of hydrogen-bond donors (Lipinski definition) is 1. The van der Waals surface area contributed by atoms with Crippen molar-refractivity contribution in [2.24, 2.45) is 11.7 Å². The lowest BCUT2D eigenvalue weighted by Gasteiger charge is -2.17. The molecule has 0 amide bonds. The van der Waals surface area contributed by atoms with E-state index in [-0.39, 0.29) is 23.3 Å². The molecule has 0 aliphatic carbocycles. The first-order valence-electron chi connectivity index (χ1n) is 6.03. The highest BCUT2D eigenvalue weighted by molar-refractivity contribution is 7.13. The van der Waals surface area contributed by atoms with E-state index in [1.807, 2.05) is 34.6 Å². The molecule has 0 aromatic carbocycles. The number of aromatic nitrogens is 1. The van der Waals surface area contributed by atoms with Gasteiger partial charge in [-0.2, -0.15) is 0 Å². The van der Waals surface area contributed by atoms with Crippen LogP contribution in [-0.4, -0.2) is 18.1 Å². The predicted octanol–water partition coefficient (Wildman–Crippen LogP) is 2.88. The zero-order valence-electron chi connectivity index (χ0n) is 11.9. The molecule has 1 aromatic heterocycles. The van der Waals surface area contributed by atoms with Gasteiger partial charge in [0, 0.05) is 5.41 Å². The number of thiazole rings is 1. The fourth-order valence-corrected chi connectivity index (χ4v) is 2.87. The molecule has 1 heterocycles. The highest BCUT2D eigenvalue weighted by atomic mass is 32.1. The number of methoxy groups -OCH3 is 1. The van der Waals surface area contributed by atoms with E-state index < -0.39 is 0 Å². The number of ether oxygens (including phenoxy) is 1. The smallest absolute Gasteiger partial charge is 0.350 e. The van der Waals surface area contributed by atoms with Gasteiger partial charge in [-0.15, -0.1) is 11.3 Å². The molecular formula is C13H22N2O2S. The van der Waals surface area contributed by atoms with E-state index >= 15 is 0 Å². The topological polar surface area (TPSA) is 65.2 Å². The van der Waals surface area contributed by atoms with Crippen molar-refractivity contribution < 1.29 is 9.53 Å². The molecule has 0 fully saturated rings. The van der Waals surface area contributed by atoms with Gasteiger partial charge in [-0.1, -0.05) is 34.6 Å². The van der Waals surface area contributed by atoms with Gasteiger partial charge in [0.15, 0.2) is 0 Å². The van der Waals surface area contributed by atoms with E-state index in [0.29, 0.717) is 4.88 Å². The van der Waals surface area contributed by atoms with Gasteiger partial charge >= 0.3 is 5.97 Å². The van der Waals surface area contributed by atoms with Crippen molar-refractivity contribution >= 4 is 17.3 Å². The fraction of sp³-hybridized carbons (Fsp3) is 0.692. The minimum Gasteiger partial charge on any atom is -0.465 e. The summed E-state index contributed by atoms with van der Waals surface area (Å²) >= 11 is 1.34. The molecule has 1 atom stereocenters. The maximum atomic E-state index is 11.8. The summed E-state index contributed by atoms with van der Waals surface area (Å²) in [6, 6.07) is -0.144. The van der Waals surface area contributed by atoms with Crippen LogP contribution in [0.15, 0.2) is 0 Å². The Balaban J connectivity index is 3.28. The van der Waals surface area contributed by atoms with E-state index in [1.165, 1.54) is 18.4 Å². The van der Waals surface area contributed by atoms with Crippen molar-refractivity contribution in [3.8, 4) is 0 Å². The van der Waals surface area contributed by atoms with E-state index in [4.69, 9.17) is 10.5 Å². The Labute approximate surface area is 113 Å². The molecule has 0 bridgehead atoms. The van der Waals surface area contributed by atoms with Crippen LogP contribution in [0.25, 0.3) is 0 Å². The van der Waals surface area contributed by atoms with Crippen molar-refractivity contribution in [3.63, 3.8) is 0 Å². The minimum atomic E-state index is -0.334. The summed E-state index contributed by atoms with van der Waals surface area (Å²) in [5.41, 5.74) is 6.67. The number of hydrogen-bond acceptors (Lipinski definition) is 5. The van der Waals surface area contributed by atoms with Crippen LogP contribution < -0.4 is 5.73 Å². The summed E-state index contributed by atoms with van der Waals surface area (Å²) in [5, 5.41) is 0.801. The fourth-order valence-electron chi connectivity index (χ4n) is 1.50. The first kappa shape index (κ1) is 15.1. The Bertz CT molecular complexity index is 433. The molecule has 0 saturated heterocycles. The molecular weight excluding hydrogens is 248 g/mol. The third-order valence-corrected chi connectivity index (χ3v) is 3.87. The standard InChI is InChI=1S/C13H22N2O2S/c1-7(2)8(14)11-15-10(13(3,4)5)9(18-11)12(16)17-6/h7-8H,14H2,1-6H3. The Hall–Kier alpha value is -0.940. The summed E-state index contributed by atoms with van der Waals surface area (Å²) in [7, 11) is 1.39. The number of nitrogens with two attached hydrogens (primary N) is 1. The summed E-state index contributed by atoms with van der Waals surface area (Å²) in [4.78, 5) is 16.9. The average molecular weight is 270 g/mol. The molecule has 0 spiro atoms. The van der Waals surface area contributed by atoms with E-state index in [1.54, 1.807) is 0 Å². The van der Waals surface area contributed by atoms with Crippen molar-refractivity contribution in [1.82, 2.24) is 4.98 Å². The molecule has 0 radical (unpaired) electrons. The lowest BCUT2D eigenvalue weighted by atomic mass is 9.91. The molecule has 4 nitrogen and oxygen atoms in total. The van der Waals surface area contributed by atoms with Crippen LogP contribution in [0.2, 0.25) is 0 Å². The van der Waals surface area contributed by atoms with Gasteiger partial charge in [0.2, 0.25) is 0 Å². The minimum absolute atomic E-state index is 0.144. The second-order valence-electron chi connectivity index (χ2n) is 5.74. The summed E-state index contributed by atoms with van der Waals surface area (Å²) in [5.74, 6) is -0.0471. The van der Waals surface area contributed by atoms with Crippen molar-refractivity contribution in [2.75, 3.05) is 7.11 Å². The lowest BCUT2D eigenvalue weighted by Crippen LogP contribution is -2.19. The van der Waals surface area contributed by atoms with Gasteiger partial charge in [-0.3, -0.25) is 0 Å². The maximum absolute atomic E-state index is 11.8. The first-order valence-corrected chi connectivity index (χ1v) is 6.85. The number of carbonyl (C=O) groups is 1. The Morgan fingerprint density at radius 1 is 1.39 bits per heavy atom. The van der Waals surface area contributed by atoms with Gasteiger partial charge in [0.1, 0.15) is 9.88 Å². The largest absolute Gasteiger partial charge is 0.465 e. The lowest BCUT2D eigenvalue weighted by molar-refractivity contribution is 0.0603. The highest BCUT2D eigenvalue weighted by Gasteiger charge is 2.29. The van der Waals surface area contributed by atoms with E-state index in [0.717, 1.165) is 10.7 Å². The van der Waals surface area contributed by atoms with Crippen molar-refractivity contribution in [1.29, 1.82) is 0 Å². The van der Waals surface area contributed by atoms with E-state index in [2.05, 4.69) is 4.98 Å². The predicted molar refractivity (Wildman–Crippen MR) is 73.9 cm³/mol. The quantitative estimate of drug-likeness (QED) is 0.858. The molecule has 1 unspecified atom stereocenters. The van der Waals surface area contributed by atoms with E-state index in [9.17, 15) is 4.79 Å². The van der Waals surface area contributed by atoms with Crippen molar-refractivity contribution in [2.45, 2.75) is 46.1 Å². The second-order valence-corrected chi connectivity index (χ2v) is 6.77. The average Bonchev–Trinajstić information content (AvgIpc) is 2.71. The van der Waals surface area contributed by atoms with Crippen LogP contribution in [0.3, 0.4) is 0 Å². The third-order valence-electron chi connectivity index (χ3n) is 2.73. The molecule has 1 aromatic rings. The molecule has 2 N–H and O–H groups in total. The number of nitrogens with zero attached hydrogens (tertiary/aromatic N) is 1. The van der Waals surface area contributed by atoms with Gasteiger partial charge in [-0.05, 0) is 5.92 Å². The van der Waals surface area contributed by atoms with Crippen LogP contribution in [0, 0.1) is 5.92 Å². The molecule has 5 heteroatoms. The van der Waals surface area contributed by atoms with Crippen LogP contribution in [0.5, 0.6) is 0 Å². The zero-order chi connectivity index (χ0) is 14.1. The maximum Gasteiger partial charge on any atom is 0.350 e. The normalized spacial score (nSPS) is 13.8. The van der Waals surface area contributed by atoms with Crippen LogP contribution in [0.1, 0.15) is 61.0 Å². The first-order chi connectivity index (χ1) is 8.18. The number of esters is 1. The molecule has 18 heavy (non-hydrogen) atoms. The SMILES string of the molecule is COC(=O)c1sc(C(N)C(C)C)nc1C(C)(C)C. The summed E-state index contributed by atoms with van der Waals surface area (Å²) in [6.07, 6.45) is 0. The zero-order valence-corrected chi connectivity index (χ0v) is 12.7. The Kier molecular flexibility index (Phi) is 4.50. The summed E-state index contributed by atoms with van der Waals surface area (Å²) < 4.78 is 4.82. The van der Waals surface area contributed by atoms with Crippen LogP contribution >= 0.6 is 11.3 Å². The molecule has 1 rings (SSSR count). The summed E-state index contributed by atoms with van der Waals surface area (Å²) in [6.45, 7) is 10.2.